The van der Waals surface area contributed by atoms with E-state index in [4.69, 9.17) is 23.2 Å². The smallest absolute Gasteiger partial charge is 1.00 e. The molecule has 0 saturated carbocycles. The Morgan fingerprint density at radius 2 is 1.73 bits per heavy atom. The van der Waals surface area contributed by atoms with Gasteiger partial charge in [0.1, 0.15) is 0 Å². The van der Waals surface area contributed by atoms with Crippen molar-refractivity contribution in [1.82, 2.24) is 0 Å². The Morgan fingerprint density at radius 3 is 2.09 bits per heavy atom. The van der Waals surface area contributed by atoms with Gasteiger partial charge in [-0.15, -0.1) is 0 Å². The van der Waals surface area contributed by atoms with Gasteiger partial charge < -0.3 is 17.0 Å². The van der Waals surface area contributed by atoms with E-state index < -0.39 is 0 Å². The van der Waals surface area contributed by atoms with E-state index in [1.165, 1.54) is 0 Å². The summed E-state index contributed by atoms with van der Waals surface area (Å²) in [6, 6.07) is 5.21. The van der Waals surface area contributed by atoms with Crippen molar-refractivity contribution in [3.05, 3.63) is 40.7 Å². The van der Waals surface area contributed by atoms with E-state index in [9.17, 15) is 0 Å². The molecule has 0 aliphatic heterocycles. The molecule has 1 rings (SSSR count). The second-order valence-corrected chi connectivity index (χ2v) is 2.58. The molecular formula is C7H5BrCl2Zn. The third kappa shape index (κ3) is 4.37. The van der Waals surface area contributed by atoms with Crippen LogP contribution in [0.25, 0.3) is 0 Å². The Kier molecular flexibility index (Phi) is 8.20. The molecule has 0 heterocycles. The maximum Gasteiger partial charge on any atom is 2.00 e. The summed E-state index contributed by atoms with van der Waals surface area (Å²) in [5.41, 5.74) is 0.807. The molecule has 0 spiro atoms. The van der Waals surface area contributed by atoms with Crippen LogP contribution in [-0.4, -0.2) is 0 Å². The van der Waals surface area contributed by atoms with Crippen LogP contribution < -0.4 is 17.0 Å². The molecule has 0 radical (unpaired) electrons. The zero-order chi connectivity index (χ0) is 6.85. The van der Waals surface area contributed by atoms with E-state index in [1.807, 2.05) is 0 Å². The van der Waals surface area contributed by atoms with E-state index in [2.05, 4.69) is 6.92 Å². The molecular weight excluding hydrogens is 300 g/mol. The molecule has 1 aromatic rings. The first-order valence-corrected chi connectivity index (χ1v) is 3.23. The monoisotopic (exact) mass is 302 g/mol. The molecule has 0 amide bonds. The molecule has 0 bridgehead atoms. The molecule has 0 saturated heterocycles. The van der Waals surface area contributed by atoms with Crippen LogP contribution in [0.5, 0.6) is 0 Å². The normalized spacial score (nSPS) is 7.82. The fourth-order valence-electron chi connectivity index (χ4n) is 0.522. The van der Waals surface area contributed by atoms with E-state index in [-0.39, 0.29) is 36.5 Å². The molecule has 11 heavy (non-hydrogen) atoms. The van der Waals surface area contributed by atoms with E-state index in [0.29, 0.717) is 10.0 Å². The third-order valence-electron chi connectivity index (χ3n) is 1.02. The van der Waals surface area contributed by atoms with Crippen LogP contribution in [0.3, 0.4) is 0 Å². The topological polar surface area (TPSA) is 0 Å². The Hall–Kier alpha value is 0.773. The summed E-state index contributed by atoms with van der Waals surface area (Å²) in [7, 11) is 0. The standard InChI is InChI=1S/C7H5Cl2.BrH.Zn/c1-5-2-3-6(8)4-7(5)9;;/h2-4H,1H2;1H;/q-1;;+2/p-1. The molecule has 0 fully saturated rings. The quantitative estimate of drug-likeness (QED) is 0.474. The summed E-state index contributed by atoms with van der Waals surface area (Å²) in [5.74, 6) is 0. The SMILES string of the molecule is [Br-].[CH2-]c1ccc(Cl)cc1Cl.[Zn+2]. The van der Waals surface area contributed by atoms with Crippen LogP contribution in [-0.2, 0) is 19.5 Å². The number of benzene rings is 1. The van der Waals surface area contributed by atoms with Gasteiger partial charge in [0.25, 0.3) is 0 Å². The molecule has 0 N–H and O–H groups in total. The number of hydrogen-bond acceptors (Lipinski definition) is 0. The summed E-state index contributed by atoms with van der Waals surface area (Å²) in [6.45, 7) is 3.67. The van der Waals surface area contributed by atoms with Gasteiger partial charge >= 0.3 is 19.5 Å². The van der Waals surface area contributed by atoms with Gasteiger partial charge in [0, 0.05) is 5.02 Å². The Labute approximate surface area is 99.8 Å². The van der Waals surface area contributed by atoms with Crippen molar-refractivity contribution in [3.8, 4) is 0 Å². The third-order valence-corrected chi connectivity index (χ3v) is 1.60. The van der Waals surface area contributed by atoms with Crippen LogP contribution in [0.2, 0.25) is 10.0 Å². The summed E-state index contributed by atoms with van der Waals surface area (Å²) in [4.78, 5) is 0. The Bertz CT molecular complexity index is 228. The van der Waals surface area contributed by atoms with Crippen LogP contribution in [0.4, 0.5) is 0 Å². The van der Waals surface area contributed by atoms with Gasteiger partial charge in [-0.2, -0.15) is 30.2 Å². The van der Waals surface area contributed by atoms with Crippen molar-refractivity contribution >= 4 is 23.2 Å². The summed E-state index contributed by atoms with van der Waals surface area (Å²) in [5, 5.41) is 1.26. The second kappa shape index (κ2) is 6.31. The Balaban J connectivity index is 0. The summed E-state index contributed by atoms with van der Waals surface area (Å²) >= 11 is 11.3. The molecule has 56 valence electrons. The molecule has 0 atom stereocenters. The molecule has 0 aliphatic carbocycles. The maximum absolute atomic E-state index is 5.67. The van der Waals surface area contributed by atoms with Crippen LogP contribution >= 0.6 is 23.2 Å². The van der Waals surface area contributed by atoms with Crippen molar-refractivity contribution in [3.63, 3.8) is 0 Å². The zero-order valence-corrected chi connectivity index (χ0v) is 11.8. The average molecular weight is 305 g/mol. The largest absolute Gasteiger partial charge is 2.00 e. The first-order chi connectivity index (χ1) is 4.20. The average Bonchev–Trinajstić information content (AvgIpc) is 1.80. The summed E-state index contributed by atoms with van der Waals surface area (Å²) < 4.78 is 0. The van der Waals surface area contributed by atoms with Gasteiger partial charge in [0.05, 0.1) is 0 Å². The molecule has 4 heteroatoms. The minimum absolute atomic E-state index is 0. The molecule has 0 unspecified atom stereocenters. The number of hydrogen-bond donors (Lipinski definition) is 0. The first-order valence-electron chi connectivity index (χ1n) is 2.47. The van der Waals surface area contributed by atoms with Crippen LogP contribution in [0, 0.1) is 6.92 Å². The van der Waals surface area contributed by atoms with Crippen molar-refractivity contribution < 1.29 is 36.5 Å². The Morgan fingerprint density at radius 1 is 1.18 bits per heavy atom. The summed E-state index contributed by atoms with van der Waals surface area (Å²) in [6.07, 6.45) is 0. The van der Waals surface area contributed by atoms with E-state index >= 15 is 0 Å². The maximum atomic E-state index is 5.67. The molecule has 0 aliphatic rings. The predicted octanol–water partition coefficient (Wildman–Crippen LogP) is 0.177. The van der Waals surface area contributed by atoms with Gasteiger partial charge in [0.2, 0.25) is 0 Å². The molecule has 0 aromatic heterocycles. The van der Waals surface area contributed by atoms with E-state index in [1.54, 1.807) is 18.2 Å². The van der Waals surface area contributed by atoms with E-state index in [0.717, 1.165) is 5.56 Å². The fraction of sp³-hybridized carbons (Fsp3) is 0. The molecule has 1 aromatic carbocycles. The van der Waals surface area contributed by atoms with Crippen molar-refractivity contribution in [2.75, 3.05) is 0 Å². The van der Waals surface area contributed by atoms with Crippen LogP contribution in [0.1, 0.15) is 5.56 Å². The minimum atomic E-state index is 0. The van der Waals surface area contributed by atoms with Gasteiger partial charge in [-0.3, -0.25) is 0 Å². The van der Waals surface area contributed by atoms with Gasteiger partial charge in [0.15, 0.2) is 0 Å². The minimum Gasteiger partial charge on any atom is -1.00 e. The second-order valence-electron chi connectivity index (χ2n) is 1.74. The van der Waals surface area contributed by atoms with Crippen molar-refractivity contribution in [2.24, 2.45) is 0 Å². The van der Waals surface area contributed by atoms with Crippen molar-refractivity contribution in [2.45, 2.75) is 0 Å². The first kappa shape index (κ1) is 14.3. The van der Waals surface area contributed by atoms with Gasteiger partial charge in [-0.1, -0.05) is 28.8 Å². The predicted molar refractivity (Wildman–Crippen MR) is 40.9 cm³/mol. The zero-order valence-electron chi connectivity index (χ0n) is 5.78. The number of rotatable bonds is 0. The van der Waals surface area contributed by atoms with Crippen molar-refractivity contribution in [1.29, 1.82) is 0 Å². The van der Waals surface area contributed by atoms with Gasteiger partial charge in [-0.05, 0) is 0 Å². The van der Waals surface area contributed by atoms with Gasteiger partial charge in [-0.25, -0.2) is 0 Å². The number of halogens is 3. The molecule has 0 nitrogen and oxygen atoms in total. The fourth-order valence-corrected chi connectivity index (χ4v) is 0.930. The van der Waals surface area contributed by atoms with Crippen LogP contribution in [0.15, 0.2) is 18.2 Å².